The zero-order valence-electron chi connectivity index (χ0n) is 10.1. The molecular weight excluding hydrogens is 222 g/mol. The molecule has 6 nitrogen and oxygen atoms in total. The van der Waals surface area contributed by atoms with Crippen LogP contribution in [0.1, 0.15) is 18.5 Å². The third kappa shape index (κ3) is 2.32. The van der Waals surface area contributed by atoms with E-state index in [4.69, 9.17) is 9.47 Å². The van der Waals surface area contributed by atoms with Crippen LogP contribution < -0.4 is 14.8 Å². The van der Waals surface area contributed by atoms with Crippen LogP contribution in [0.2, 0.25) is 0 Å². The van der Waals surface area contributed by atoms with Gasteiger partial charge in [0, 0.05) is 6.54 Å². The van der Waals surface area contributed by atoms with E-state index in [0.717, 1.165) is 13.0 Å². The van der Waals surface area contributed by atoms with Gasteiger partial charge in [0.15, 0.2) is 0 Å². The van der Waals surface area contributed by atoms with Crippen molar-refractivity contribution < 1.29 is 14.6 Å². The lowest BCUT2D eigenvalue weighted by Gasteiger charge is -2.32. The van der Waals surface area contributed by atoms with E-state index in [0.29, 0.717) is 30.4 Å². The molecule has 2 heterocycles. The van der Waals surface area contributed by atoms with Crippen LogP contribution in [-0.4, -0.2) is 42.4 Å². The van der Waals surface area contributed by atoms with Gasteiger partial charge in [0.1, 0.15) is 11.3 Å². The van der Waals surface area contributed by atoms with Gasteiger partial charge >= 0.3 is 0 Å². The molecule has 0 spiro atoms. The number of hydrogen-bond acceptors (Lipinski definition) is 6. The molecule has 2 rings (SSSR count). The maximum absolute atomic E-state index is 10.5. The molecule has 2 N–H and O–H groups in total. The lowest BCUT2D eigenvalue weighted by atomic mass is 9.90. The highest BCUT2D eigenvalue weighted by atomic mass is 16.5. The first kappa shape index (κ1) is 12.1. The van der Waals surface area contributed by atoms with Gasteiger partial charge in [0.2, 0.25) is 11.8 Å². The highest BCUT2D eigenvalue weighted by Crippen LogP contribution is 2.32. The minimum atomic E-state index is -1.01. The van der Waals surface area contributed by atoms with Crippen molar-refractivity contribution in [1.82, 2.24) is 15.3 Å². The van der Waals surface area contributed by atoms with Gasteiger partial charge < -0.3 is 19.9 Å². The standard InChI is InChI=1S/C11H17N3O3/c1-16-8-6-13-9(10(14-8)17-2)11(15)4-3-5-12-7-11/h6,12,15H,3-5,7H2,1-2H3. The first-order valence-corrected chi connectivity index (χ1v) is 5.58. The highest BCUT2D eigenvalue weighted by Gasteiger charge is 2.36. The highest BCUT2D eigenvalue weighted by molar-refractivity contribution is 5.28. The second-order valence-corrected chi connectivity index (χ2v) is 4.08. The number of nitrogens with zero attached hydrogens (tertiary/aromatic N) is 2. The fourth-order valence-electron chi connectivity index (χ4n) is 2.01. The molecule has 0 saturated carbocycles. The van der Waals surface area contributed by atoms with Crippen molar-refractivity contribution in [3.63, 3.8) is 0 Å². The van der Waals surface area contributed by atoms with Crippen LogP contribution in [0, 0.1) is 0 Å². The summed E-state index contributed by atoms with van der Waals surface area (Å²) in [4.78, 5) is 8.35. The van der Waals surface area contributed by atoms with Gasteiger partial charge in [-0.1, -0.05) is 0 Å². The van der Waals surface area contributed by atoms with Crippen molar-refractivity contribution in [3.8, 4) is 11.8 Å². The predicted octanol–water partition coefficient (Wildman–Crippen LogP) is 0.0648. The number of β-amino-alcohol motifs (C(OH)–C–C–N with tert-alkyl or cyclic N) is 1. The van der Waals surface area contributed by atoms with Crippen molar-refractivity contribution in [2.75, 3.05) is 27.3 Å². The maximum Gasteiger partial charge on any atom is 0.241 e. The van der Waals surface area contributed by atoms with Crippen LogP contribution in [-0.2, 0) is 5.60 Å². The first-order valence-electron chi connectivity index (χ1n) is 5.58. The molecule has 1 aliphatic rings. The average molecular weight is 239 g/mol. The van der Waals surface area contributed by atoms with Crippen molar-refractivity contribution in [2.45, 2.75) is 18.4 Å². The van der Waals surface area contributed by atoms with E-state index in [2.05, 4.69) is 15.3 Å². The van der Waals surface area contributed by atoms with Gasteiger partial charge in [-0.3, -0.25) is 0 Å². The van der Waals surface area contributed by atoms with Crippen molar-refractivity contribution in [1.29, 1.82) is 0 Å². The molecule has 94 valence electrons. The zero-order valence-corrected chi connectivity index (χ0v) is 10.1. The maximum atomic E-state index is 10.5. The van der Waals surface area contributed by atoms with Gasteiger partial charge in [-0.25, -0.2) is 4.98 Å². The van der Waals surface area contributed by atoms with Crippen molar-refractivity contribution in [3.05, 3.63) is 11.9 Å². The first-order chi connectivity index (χ1) is 8.19. The summed E-state index contributed by atoms with van der Waals surface area (Å²) in [5.41, 5.74) is -0.545. The Morgan fingerprint density at radius 1 is 1.41 bits per heavy atom. The molecule has 0 bridgehead atoms. The van der Waals surface area contributed by atoms with Crippen LogP contribution >= 0.6 is 0 Å². The summed E-state index contributed by atoms with van der Waals surface area (Å²) in [6, 6.07) is 0. The number of aliphatic hydroxyl groups is 1. The van der Waals surface area contributed by atoms with E-state index in [1.165, 1.54) is 20.4 Å². The van der Waals surface area contributed by atoms with Gasteiger partial charge in [-0.2, -0.15) is 4.98 Å². The summed E-state index contributed by atoms with van der Waals surface area (Å²) in [5.74, 6) is 0.688. The molecule has 1 saturated heterocycles. The zero-order chi connectivity index (χ0) is 12.3. The fraction of sp³-hybridized carbons (Fsp3) is 0.636. The number of piperidine rings is 1. The number of hydrogen-bond donors (Lipinski definition) is 2. The minimum Gasteiger partial charge on any atom is -0.480 e. The molecule has 0 amide bonds. The van der Waals surface area contributed by atoms with E-state index in [-0.39, 0.29) is 0 Å². The molecule has 0 radical (unpaired) electrons. The summed E-state index contributed by atoms with van der Waals surface area (Å²) in [7, 11) is 3.02. The Labute approximate surface area is 100.0 Å². The number of nitrogens with one attached hydrogen (secondary N) is 1. The molecular formula is C11H17N3O3. The monoisotopic (exact) mass is 239 g/mol. The largest absolute Gasteiger partial charge is 0.480 e. The molecule has 1 aliphatic heterocycles. The molecule has 1 aromatic heterocycles. The number of ether oxygens (including phenoxy) is 2. The Morgan fingerprint density at radius 2 is 2.24 bits per heavy atom. The van der Waals surface area contributed by atoms with Gasteiger partial charge in [0.25, 0.3) is 0 Å². The van der Waals surface area contributed by atoms with E-state index in [9.17, 15) is 5.11 Å². The van der Waals surface area contributed by atoms with Crippen LogP contribution in [0.5, 0.6) is 11.8 Å². The summed E-state index contributed by atoms with van der Waals surface area (Å²) >= 11 is 0. The third-order valence-electron chi connectivity index (χ3n) is 2.92. The Hall–Kier alpha value is -1.40. The van der Waals surface area contributed by atoms with E-state index in [1.54, 1.807) is 0 Å². The van der Waals surface area contributed by atoms with E-state index < -0.39 is 5.60 Å². The molecule has 6 heteroatoms. The Bertz CT molecular complexity index is 392. The normalized spacial score (nSPS) is 24.4. The lowest BCUT2D eigenvalue weighted by molar-refractivity contribution is 0.00529. The topological polar surface area (TPSA) is 76.5 Å². The Morgan fingerprint density at radius 3 is 2.82 bits per heavy atom. The van der Waals surface area contributed by atoms with E-state index >= 15 is 0 Å². The molecule has 0 aliphatic carbocycles. The van der Waals surface area contributed by atoms with Crippen molar-refractivity contribution in [2.24, 2.45) is 0 Å². The van der Waals surface area contributed by atoms with Crippen molar-refractivity contribution >= 4 is 0 Å². The summed E-state index contributed by atoms with van der Waals surface area (Å²) in [5, 5.41) is 13.7. The van der Waals surface area contributed by atoms with E-state index in [1.807, 2.05) is 0 Å². The third-order valence-corrected chi connectivity index (χ3v) is 2.92. The summed E-state index contributed by atoms with van der Waals surface area (Å²) in [6.45, 7) is 1.37. The van der Waals surface area contributed by atoms with Gasteiger partial charge in [-0.15, -0.1) is 0 Å². The second-order valence-electron chi connectivity index (χ2n) is 4.08. The Kier molecular flexibility index (Phi) is 3.44. The summed E-state index contributed by atoms with van der Waals surface area (Å²) < 4.78 is 10.1. The number of methoxy groups -OCH3 is 2. The lowest BCUT2D eigenvalue weighted by Crippen LogP contribution is -2.44. The Balaban J connectivity index is 2.36. The van der Waals surface area contributed by atoms with Gasteiger partial charge in [-0.05, 0) is 19.4 Å². The molecule has 1 atom stereocenters. The second kappa shape index (κ2) is 4.85. The van der Waals surface area contributed by atoms with Crippen LogP contribution in [0.25, 0.3) is 0 Å². The minimum absolute atomic E-state index is 0.315. The molecule has 17 heavy (non-hydrogen) atoms. The molecule has 1 fully saturated rings. The quantitative estimate of drug-likeness (QED) is 0.777. The van der Waals surface area contributed by atoms with Gasteiger partial charge in [0.05, 0.1) is 20.4 Å². The molecule has 1 aromatic rings. The van der Waals surface area contributed by atoms with Crippen LogP contribution in [0.15, 0.2) is 6.20 Å². The van der Waals surface area contributed by atoms with Crippen LogP contribution in [0.4, 0.5) is 0 Å². The summed E-state index contributed by atoms with van der Waals surface area (Å²) in [6.07, 6.45) is 3.04. The SMILES string of the molecule is COc1cnc(C2(O)CCCNC2)c(OC)n1. The predicted molar refractivity (Wildman–Crippen MR) is 61.1 cm³/mol. The number of aromatic nitrogens is 2. The van der Waals surface area contributed by atoms with Crippen LogP contribution in [0.3, 0.4) is 0 Å². The molecule has 0 aromatic carbocycles. The average Bonchev–Trinajstić information content (AvgIpc) is 2.38. The fourth-order valence-corrected chi connectivity index (χ4v) is 2.01. The smallest absolute Gasteiger partial charge is 0.241 e. The number of rotatable bonds is 3. The molecule has 1 unspecified atom stereocenters.